The lowest BCUT2D eigenvalue weighted by Gasteiger charge is -2.10. The van der Waals surface area contributed by atoms with Crippen LogP contribution in [0.2, 0.25) is 0 Å². The van der Waals surface area contributed by atoms with E-state index in [1.807, 2.05) is 24.3 Å². The van der Waals surface area contributed by atoms with Crippen molar-refractivity contribution < 1.29 is 4.79 Å². The molecule has 3 heterocycles. The Morgan fingerprint density at radius 1 is 1.20 bits per heavy atom. The molecular weight excluding hydrogens is 398 g/mol. The molecule has 30 heavy (non-hydrogen) atoms. The number of thiophene rings is 1. The van der Waals surface area contributed by atoms with Crippen LogP contribution in [0.1, 0.15) is 48.6 Å². The molecular formula is C22H23N5O2S. The number of aryl methyl sites for hydroxylation is 2. The highest BCUT2D eigenvalue weighted by Gasteiger charge is 2.22. The van der Waals surface area contributed by atoms with Gasteiger partial charge in [0.15, 0.2) is 5.65 Å². The molecule has 0 saturated carbocycles. The lowest BCUT2D eigenvalue weighted by atomic mass is 9.97. The second kappa shape index (κ2) is 7.36. The van der Waals surface area contributed by atoms with E-state index in [9.17, 15) is 9.59 Å². The predicted octanol–water partition coefficient (Wildman–Crippen LogP) is 3.75. The maximum Gasteiger partial charge on any atom is 0.365 e. The molecule has 1 aliphatic rings. The molecule has 0 bridgehead atoms. The molecule has 1 aliphatic carbocycles. The molecule has 5 rings (SSSR count). The number of aromatic nitrogens is 4. The molecule has 1 aromatic carbocycles. The minimum absolute atomic E-state index is 0.120. The summed E-state index contributed by atoms with van der Waals surface area (Å²) in [6.07, 6.45) is 5.98. The highest BCUT2D eigenvalue weighted by Crippen LogP contribution is 2.36. The van der Waals surface area contributed by atoms with E-state index in [2.05, 4.69) is 29.1 Å². The summed E-state index contributed by atoms with van der Waals surface area (Å²) >= 11 is 1.69. The maximum atomic E-state index is 12.6. The molecule has 0 atom stereocenters. The minimum atomic E-state index is -0.439. The monoisotopic (exact) mass is 421 g/mol. The summed E-state index contributed by atoms with van der Waals surface area (Å²) in [5.41, 5.74) is 3.34. The van der Waals surface area contributed by atoms with E-state index in [0.717, 1.165) is 29.5 Å². The van der Waals surface area contributed by atoms with Crippen molar-refractivity contribution in [2.75, 3.05) is 5.32 Å². The molecule has 0 radical (unpaired) electrons. The fourth-order valence-corrected chi connectivity index (χ4v) is 5.33. The number of hydrogen-bond acceptors (Lipinski definition) is 5. The van der Waals surface area contributed by atoms with E-state index in [1.54, 1.807) is 22.2 Å². The zero-order valence-electron chi connectivity index (χ0n) is 17.0. The Labute approximate surface area is 177 Å². The van der Waals surface area contributed by atoms with Crippen LogP contribution in [0, 0.1) is 0 Å². The molecule has 4 aromatic rings. The molecule has 0 spiro atoms. The van der Waals surface area contributed by atoms with E-state index in [1.165, 1.54) is 27.1 Å². The molecule has 154 valence electrons. The van der Waals surface area contributed by atoms with Gasteiger partial charge >= 0.3 is 5.69 Å². The Hall–Kier alpha value is -3.00. The zero-order valence-corrected chi connectivity index (χ0v) is 17.8. The Bertz CT molecular complexity index is 1310. The summed E-state index contributed by atoms with van der Waals surface area (Å²) in [6, 6.07) is 7.77. The summed E-state index contributed by atoms with van der Waals surface area (Å²) in [5.74, 6) is 0.155. The molecule has 1 amide bonds. The van der Waals surface area contributed by atoms with Crippen molar-refractivity contribution in [2.45, 2.75) is 52.0 Å². The molecule has 3 aromatic heterocycles. The summed E-state index contributed by atoms with van der Waals surface area (Å²) < 4.78 is 2.96. The number of carbonyl (C=O) groups excluding carboxylic acids is 1. The Balaban J connectivity index is 1.46. The Morgan fingerprint density at radius 2 is 1.97 bits per heavy atom. The number of hydrogen-bond donors (Lipinski definition) is 1. The van der Waals surface area contributed by atoms with Crippen molar-refractivity contribution in [1.29, 1.82) is 0 Å². The van der Waals surface area contributed by atoms with Crippen LogP contribution in [0.5, 0.6) is 0 Å². The number of amides is 1. The molecule has 0 aliphatic heterocycles. The van der Waals surface area contributed by atoms with Crippen LogP contribution in [-0.2, 0) is 24.2 Å². The van der Waals surface area contributed by atoms with Gasteiger partial charge in [-0.15, -0.1) is 11.3 Å². The fourth-order valence-electron chi connectivity index (χ4n) is 4.11. The summed E-state index contributed by atoms with van der Waals surface area (Å²) in [6.45, 7) is 4.13. The van der Waals surface area contributed by atoms with Crippen molar-refractivity contribution in [3.63, 3.8) is 0 Å². The van der Waals surface area contributed by atoms with Crippen LogP contribution >= 0.6 is 11.3 Å². The molecule has 7 nitrogen and oxygen atoms in total. The molecule has 8 heteroatoms. The van der Waals surface area contributed by atoms with Crippen molar-refractivity contribution in [1.82, 2.24) is 19.2 Å². The van der Waals surface area contributed by atoms with Gasteiger partial charge in [-0.3, -0.25) is 4.79 Å². The predicted molar refractivity (Wildman–Crippen MR) is 118 cm³/mol. The molecule has 0 unspecified atom stereocenters. The van der Waals surface area contributed by atoms with Crippen molar-refractivity contribution in [3.8, 4) is 0 Å². The standard InChI is InChI=1S/C22H23N5O2S/c1-13(2)14-7-9-15(10-8-14)24-18(28)11-26-22(29)25-20-19-16-5-3-4-6-17(16)30-21(19)23-12-27(20)26/h7-10,12-13H,3-6,11H2,1-2H3,(H,24,28). The number of benzene rings is 1. The normalized spacial score (nSPS) is 13.8. The third-order valence-electron chi connectivity index (χ3n) is 5.71. The van der Waals surface area contributed by atoms with Crippen LogP contribution in [-0.4, -0.2) is 25.1 Å². The smallest absolute Gasteiger partial charge is 0.324 e. The number of rotatable bonds is 4. The number of anilines is 1. The largest absolute Gasteiger partial charge is 0.365 e. The van der Waals surface area contributed by atoms with Gasteiger partial charge in [-0.1, -0.05) is 26.0 Å². The van der Waals surface area contributed by atoms with Crippen molar-refractivity contribution in [3.05, 3.63) is 57.1 Å². The summed E-state index contributed by atoms with van der Waals surface area (Å²) in [7, 11) is 0. The van der Waals surface area contributed by atoms with E-state index < -0.39 is 5.69 Å². The first-order chi connectivity index (χ1) is 14.5. The van der Waals surface area contributed by atoms with Crippen LogP contribution in [0.25, 0.3) is 15.9 Å². The third kappa shape index (κ3) is 3.21. The minimum Gasteiger partial charge on any atom is -0.324 e. The van der Waals surface area contributed by atoms with Gasteiger partial charge in [0, 0.05) is 10.6 Å². The number of fused-ring (bicyclic) bond motifs is 5. The van der Waals surface area contributed by atoms with Crippen LogP contribution in [0.15, 0.2) is 35.4 Å². The maximum absolute atomic E-state index is 12.6. The first-order valence-corrected chi connectivity index (χ1v) is 11.1. The van der Waals surface area contributed by atoms with Gasteiger partial charge in [0.05, 0.1) is 5.39 Å². The second-order valence-corrected chi connectivity index (χ2v) is 9.16. The lowest BCUT2D eigenvalue weighted by Crippen LogP contribution is -2.28. The first kappa shape index (κ1) is 19.0. The fraction of sp³-hybridized carbons (Fsp3) is 0.364. The van der Waals surface area contributed by atoms with Gasteiger partial charge in [-0.25, -0.2) is 19.0 Å². The summed E-state index contributed by atoms with van der Waals surface area (Å²) in [4.78, 5) is 36.3. The molecule has 0 fully saturated rings. The average Bonchev–Trinajstić information content (AvgIpc) is 3.26. The van der Waals surface area contributed by atoms with Gasteiger partial charge in [0.2, 0.25) is 5.91 Å². The van der Waals surface area contributed by atoms with E-state index in [0.29, 0.717) is 17.3 Å². The zero-order chi connectivity index (χ0) is 20.8. The molecule has 1 N–H and O–H groups in total. The Kier molecular flexibility index (Phi) is 4.66. The highest BCUT2D eigenvalue weighted by atomic mass is 32.1. The lowest BCUT2D eigenvalue weighted by molar-refractivity contribution is -0.117. The van der Waals surface area contributed by atoms with Crippen molar-refractivity contribution in [2.24, 2.45) is 0 Å². The van der Waals surface area contributed by atoms with Crippen LogP contribution in [0.3, 0.4) is 0 Å². The number of nitrogens with zero attached hydrogens (tertiary/aromatic N) is 4. The SMILES string of the molecule is CC(C)c1ccc(NC(=O)Cn2c(=O)nc3c4c5c(sc4ncn32)CCCC5)cc1. The van der Waals surface area contributed by atoms with Crippen molar-refractivity contribution >= 4 is 38.8 Å². The average molecular weight is 422 g/mol. The van der Waals surface area contributed by atoms with Gasteiger partial charge in [0.25, 0.3) is 0 Å². The van der Waals surface area contributed by atoms with E-state index in [-0.39, 0.29) is 12.5 Å². The van der Waals surface area contributed by atoms with Gasteiger partial charge in [0.1, 0.15) is 17.7 Å². The third-order valence-corrected chi connectivity index (χ3v) is 6.91. The quantitative estimate of drug-likeness (QED) is 0.544. The highest BCUT2D eigenvalue weighted by molar-refractivity contribution is 7.19. The van der Waals surface area contributed by atoms with Crippen LogP contribution in [0.4, 0.5) is 5.69 Å². The topological polar surface area (TPSA) is 81.3 Å². The van der Waals surface area contributed by atoms with Crippen LogP contribution < -0.4 is 11.0 Å². The van der Waals surface area contributed by atoms with Gasteiger partial charge in [-0.2, -0.15) is 4.98 Å². The number of carbonyl (C=O) groups is 1. The Morgan fingerprint density at radius 3 is 2.73 bits per heavy atom. The van der Waals surface area contributed by atoms with E-state index in [4.69, 9.17) is 0 Å². The first-order valence-electron chi connectivity index (χ1n) is 10.3. The van der Waals surface area contributed by atoms with Gasteiger partial charge in [-0.05, 0) is 54.9 Å². The van der Waals surface area contributed by atoms with E-state index >= 15 is 0 Å². The number of nitrogens with one attached hydrogen (secondary N) is 1. The summed E-state index contributed by atoms with van der Waals surface area (Å²) in [5, 5.41) is 3.83. The van der Waals surface area contributed by atoms with Gasteiger partial charge < -0.3 is 5.32 Å². The second-order valence-electron chi connectivity index (χ2n) is 8.08. The molecule has 0 saturated heterocycles.